The van der Waals surface area contributed by atoms with E-state index in [9.17, 15) is 0 Å². The number of para-hydroxylation sites is 1. The molecule has 9 aromatic rings. The quantitative estimate of drug-likeness (QED) is 0.107. The number of nitrogens with zero attached hydrogens (tertiary/aromatic N) is 4. The fraction of sp³-hybridized carbons (Fsp3) is 0.290. The molecule has 0 saturated heterocycles. The Kier molecular flexibility index (Phi) is 11.4. The summed E-state index contributed by atoms with van der Waals surface area (Å²) in [5.41, 5.74) is 13.3. The number of benzene rings is 6. The largest absolute Gasteiger partial charge is 0.458 e. The van der Waals surface area contributed by atoms with Gasteiger partial charge in [0.25, 0.3) is 6.33 Å². The molecule has 0 aliphatic heterocycles. The molecule has 0 aliphatic rings. The monoisotopic (exact) mass is 883 g/mol. The summed E-state index contributed by atoms with van der Waals surface area (Å²) in [6, 6.07) is 54.6. The Balaban J connectivity index is 1.24. The first-order chi connectivity index (χ1) is 31.7. The molecule has 0 atom stereocenters. The number of hydrogen-bond acceptors (Lipinski definition) is 2. The smallest absolute Gasteiger partial charge is 0.269 e. The van der Waals surface area contributed by atoms with Crippen LogP contribution >= 0.6 is 0 Å². The van der Waals surface area contributed by atoms with E-state index in [1.807, 2.05) is 6.20 Å². The maximum Gasteiger partial charge on any atom is 0.269 e. The van der Waals surface area contributed by atoms with Gasteiger partial charge in [0.15, 0.2) is 0 Å². The van der Waals surface area contributed by atoms with Gasteiger partial charge in [-0.3, -0.25) is 13.7 Å². The standard InChI is InChI=1S/C62H66N4O/c1-41(2)50-26-17-18-27-51(50)42-34-47(65-40-64(46-25-21-24-44(36-46)59(3,4)5)57(60(6,7)8)58(65)61(9,10)11)38-49(35-42)67-48-30-31-53-52-28-19-20-29-54(52)66(55(53)39-48)56-37-45(32-33-63-56)62(12,13)43-22-15-14-16-23-43/h14-39,41H,1-13H3. The van der Waals surface area contributed by atoms with Gasteiger partial charge in [-0.2, -0.15) is 0 Å². The third kappa shape index (κ3) is 8.61. The molecule has 5 nitrogen and oxygen atoms in total. The summed E-state index contributed by atoms with van der Waals surface area (Å²) in [6.45, 7) is 29.8. The molecular weight excluding hydrogens is 817 g/mol. The molecule has 3 heterocycles. The van der Waals surface area contributed by atoms with Crippen molar-refractivity contribution in [2.24, 2.45) is 0 Å². The third-order valence-corrected chi connectivity index (χ3v) is 13.4. The van der Waals surface area contributed by atoms with E-state index in [4.69, 9.17) is 9.72 Å². The normalized spacial score (nSPS) is 12.7. The number of hydrogen-bond donors (Lipinski definition) is 0. The molecule has 3 aromatic heterocycles. The van der Waals surface area contributed by atoms with Gasteiger partial charge in [-0.25, -0.2) is 4.98 Å². The van der Waals surface area contributed by atoms with Crippen LogP contribution in [0.15, 0.2) is 158 Å². The van der Waals surface area contributed by atoms with Gasteiger partial charge in [-0.15, -0.1) is 0 Å². The van der Waals surface area contributed by atoms with Gasteiger partial charge < -0.3 is 4.74 Å². The average Bonchev–Trinajstić information content (AvgIpc) is 3.87. The maximum atomic E-state index is 7.13. The molecule has 5 heteroatoms. The van der Waals surface area contributed by atoms with Crippen molar-refractivity contribution >= 4 is 21.8 Å². The zero-order chi connectivity index (χ0) is 47.6. The van der Waals surface area contributed by atoms with E-state index >= 15 is 0 Å². The van der Waals surface area contributed by atoms with Gasteiger partial charge >= 0.3 is 0 Å². The molecule has 9 rings (SSSR count). The van der Waals surface area contributed by atoms with Crippen LogP contribution < -0.4 is 9.30 Å². The highest BCUT2D eigenvalue weighted by atomic mass is 16.5. The Bertz CT molecular complexity index is 3270. The lowest BCUT2D eigenvalue weighted by Gasteiger charge is -2.30. The van der Waals surface area contributed by atoms with Crippen molar-refractivity contribution in [1.82, 2.24) is 14.1 Å². The lowest BCUT2D eigenvalue weighted by atomic mass is 9.78. The summed E-state index contributed by atoms with van der Waals surface area (Å²) in [6.07, 6.45) is 5.88. The lowest BCUT2D eigenvalue weighted by molar-refractivity contribution is -0.611. The van der Waals surface area contributed by atoms with Crippen LogP contribution in [0.3, 0.4) is 0 Å². The van der Waals surface area contributed by atoms with Crippen LogP contribution in [0.1, 0.15) is 130 Å². The van der Waals surface area contributed by atoms with Crippen LogP contribution in [0, 0.1) is 6.33 Å². The van der Waals surface area contributed by atoms with Crippen molar-refractivity contribution in [3.8, 4) is 39.8 Å². The molecule has 0 saturated carbocycles. The summed E-state index contributed by atoms with van der Waals surface area (Å²) >= 11 is 0. The van der Waals surface area contributed by atoms with Crippen molar-refractivity contribution in [3.05, 3.63) is 198 Å². The highest BCUT2D eigenvalue weighted by Crippen LogP contribution is 2.41. The number of fused-ring (bicyclic) bond motifs is 3. The molecule has 0 fully saturated rings. The van der Waals surface area contributed by atoms with E-state index in [-0.39, 0.29) is 21.7 Å². The summed E-state index contributed by atoms with van der Waals surface area (Å²) in [7, 11) is 0. The molecule has 340 valence electrons. The first-order valence-electron chi connectivity index (χ1n) is 23.9. The Labute approximate surface area is 398 Å². The second-order valence-electron chi connectivity index (χ2n) is 22.3. The van der Waals surface area contributed by atoms with Crippen molar-refractivity contribution in [2.45, 2.75) is 118 Å². The second kappa shape index (κ2) is 16.9. The number of imidazole rings is 1. The predicted molar refractivity (Wildman–Crippen MR) is 279 cm³/mol. The minimum atomic E-state index is -0.237. The summed E-state index contributed by atoms with van der Waals surface area (Å²) < 4.78 is 14.0. The molecule has 0 aliphatic carbocycles. The highest BCUT2D eigenvalue weighted by molar-refractivity contribution is 6.09. The fourth-order valence-corrected chi connectivity index (χ4v) is 9.82. The van der Waals surface area contributed by atoms with Crippen molar-refractivity contribution in [1.29, 1.82) is 0 Å². The minimum Gasteiger partial charge on any atom is -0.458 e. The molecule has 0 radical (unpaired) electrons. The molecule has 0 bridgehead atoms. The van der Waals surface area contributed by atoms with Gasteiger partial charge in [0.1, 0.15) is 17.3 Å². The van der Waals surface area contributed by atoms with E-state index < -0.39 is 0 Å². The van der Waals surface area contributed by atoms with Crippen LogP contribution in [-0.2, 0) is 21.7 Å². The number of rotatable bonds is 9. The van der Waals surface area contributed by atoms with Gasteiger partial charge in [0.2, 0.25) is 0 Å². The minimum absolute atomic E-state index is 0.00449. The molecule has 0 N–H and O–H groups in total. The molecule has 67 heavy (non-hydrogen) atoms. The van der Waals surface area contributed by atoms with Gasteiger partial charge in [0.05, 0.1) is 33.8 Å². The SMILES string of the molecule is CC(C)c1ccccc1-c1cc(Oc2ccc3c4ccccc4n(-c4cc(C(C)(C)c5ccccc5)ccn4)c3c2)cc(-n2[c-][n+](-c3cccc(C(C)(C)C)c3)c(C(C)(C)C)c2C(C)(C)C)c1. The first-order valence-corrected chi connectivity index (χ1v) is 23.9. The average molecular weight is 883 g/mol. The number of aromatic nitrogens is 4. The number of pyridine rings is 1. The number of ether oxygens (including phenoxy) is 1. The van der Waals surface area contributed by atoms with Gasteiger partial charge in [-0.05, 0) is 116 Å². The third-order valence-electron chi connectivity index (χ3n) is 13.4. The van der Waals surface area contributed by atoms with E-state index in [2.05, 4.69) is 262 Å². The summed E-state index contributed by atoms with van der Waals surface area (Å²) in [4.78, 5) is 5.02. The Hall–Kier alpha value is -6.72. The zero-order valence-electron chi connectivity index (χ0n) is 41.8. The Morgan fingerprint density at radius 3 is 1.96 bits per heavy atom. The molecule has 0 unspecified atom stereocenters. The summed E-state index contributed by atoms with van der Waals surface area (Å²) in [5.74, 6) is 2.69. The Morgan fingerprint density at radius 1 is 0.552 bits per heavy atom. The van der Waals surface area contributed by atoms with Crippen LogP contribution in [-0.4, -0.2) is 14.1 Å². The van der Waals surface area contributed by atoms with Crippen LogP contribution in [0.25, 0.3) is 50.1 Å². The molecular formula is C62H66N4O. The fourth-order valence-electron chi connectivity index (χ4n) is 9.82. The van der Waals surface area contributed by atoms with E-state index in [1.54, 1.807) is 0 Å². The highest BCUT2D eigenvalue weighted by Gasteiger charge is 2.34. The molecule has 0 spiro atoms. The summed E-state index contributed by atoms with van der Waals surface area (Å²) in [5, 5.41) is 2.31. The topological polar surface area (TPSA) is 35.9 Å². The van der Waals surface area contributed by atoms with E-state index in [0.29, 0.717) is 5.92 Å². The lowest BCUT2D eigenvalue weighted by Crippen LogP contribution is -2.40. The van der Waals surface area contributed by atoms with Gasteiger partial charge in [-0.1, -0.05) is 175 Å². The van der Waals surface area contributed by atoms with Crippen LogP contribution in [0.2, 0.25) is 0 Å². The van der Waals surface area contributed by atoms with Crippen LogP contribution in [0.5, 0.6) is 11.5 Å². The first kappa shape index (κ1) is 45.4. The van der Waals surface area contributed by atoms with Crippen LogP contribution in [0.4, 0.5) is 0 Å². The Morgan fingerprint density at radius 2 is 1.24 bits per heavy atom. The van der Waals surface area contributed by atoms with Crippen molar-refractivity contribution < 1.29 is 9.30 Å². The van der Waals surface area contributed by atoms with Crippen molar-refractivity contribution in [3.63, 3.8) is 0 Å². The van der Waals surface area contributed by atoms with Crippen molar-refractivity contribution in [2.75, 3.05) is 0 Å². The van der Waals surface area contributed by atoms with Gasteiger partial charge in [0, 0.05) is 28.5 Å². The van der Waals surface area contributed by atoms with E-state index in [0.717, 1.165) is 50.7 Å². The second-order valence-corrected chi connectivity index (χ2v) is 22.3. The molecule has 0 amide bonds. The van der Waals surface area contributed by atoms with E-state index in [1.165, 1.54) is 44.6 Å². The maximum absolute atomic E-state index is 7.13. The molecule has 6 aromatic carbocycles. The predicted octanol–water partition coefficient (Wildman–Crippen LogP) is 15.8. The zero-order valence-corrected chi connectivity index (χ0v) is 41.8.